The smallest absolute Gasteiger partial charge is 0.120 e. The molecule has 1 heterocycles. The molecule has 0 saturated carbocycles. The zero-order valence-electron chi connectivity index (χ0n) is 11.6. The first-order valence-corrected chi connectivity index (χ1v) is 6.80. The van der Waals surface area contributed by atoms with E-state index in [9.17, 15) is 5.11 Å². The van der Waals surface area contributed by atoms with Gasteiger partial charge in [-0.15, -0.1) is 0 Å². The maximum absolute atomic E-state index is 9.94. The van der Waals surface area contributed by atoms with Gasteiger partial charge in [0.2, 0.25) is 0 Å². The van der Waals surface area contributed by atoms with Gasteiger partial charge in [-0.05, 0) is 46.3 Å². The summed E-state index contributed by atoms with van der Waals surface area (Å²) >= 11 is 0. The summed E-state index contributed by atoms with van der Waals surface area (Å²) in [5.74, 6) is 0.393. The summed E-state index contributed by atoms with van der Waals surface area (Å²) in [5, 5.41) is 13.6. The molecule has 0 radical (unpaired) electrons. The first-order valence-electron chi connectivity index (χ1n) is 6.80. The lowest BCUT2D eigenvalue weighted by molar-refractivity contribution is 0.218. The van der Waals surface area contributed by atoms with Crippen molar-refractivity contribution >= 4 is 0 Å². The van der Waals surface area contributed by atoms with Crippen LogP contribution in [0.25, 0.3) is 0 Å². The van der Waals surface area contributed by atoms with Crippen LogP contribution in [0.4, 0.5) is 0 Å². The van der Waals surface area contributed by atoms with E-state index in [1.54, 1.807) is 6.07 Å². The summed E-state index contributed by atoms with van der Waals surface area (Å²) in [6.45, 7) is 6.48. The molecule has 1 aromatic carbocycles. The van der Waals surface area contributed by atoms with Gasteiger partial charge in [0.05, 0.1) is 0 Å². The highest BCUT2D eigenvalue weighted by Crippen LogP contribution is 2.26. The van der Waals surface area contributed by atoms with Crippen LogP contribution in [0, 0.1) is 6.92 Å². The van der Waals surface area contributed by atoms with E-state index >= 15 is 0 Å². The van der Waals surface area contributed by atoms with Crippen molar-refractivity contribution in [1.82, 2.24) is 10.2 Å². The third-order valence-electron chi connectivity index (χ3n) is 3.76. The number of benzene rings is 1. The Kier molecular flexibility index (Phi) is 4.25. The Balaban J connectivity index is 2.02. The largest absolute Gasteiger partial charge is 0.508 e. The Morgan fingerprint density at radius 3 is 2.94 bits per heavy atom. The molecule has 2 unspecified atom stereocenters. The maximum atomic E-state index is 9.94. The standard InChI is InChI=1S/C15H24N2O/c1-11-6-7-15(18)14(9-11)12(2)16-13-5-4-8-17(3)10-13/h6-7,9,12-13,16,18H,4-5,8,10H2,1-3H3. The van der Waals surface area contributed by atoms with Gasteiger partial charge in [0, 0.05) is 24.2 Å². The van der Waals surface area contributed by atoms with E-state index in [0.717, 1.165) is 12.1 Å². The fraction of sp³-hybridized carbons (Fsp3) is 0.600. The number of hydrogen-bond donors (Lipinski definition) is 2. The average Bonchev–Trinajstić information content (AvgIpc) is 2.32. The number of likely N-dealkylation sites (tertiary alicyclic amines) is 1. The molecule has 2 rings (SSSR count). The summed E-state index contributed by atoms with van der Waals surface area (Å²) in [4.78, 5) is 2.37. The fourth-order valence-electron chi connectivity index (χ4n) is 2.77. The molecule has 1 aromatic rings. The van der Waals surface area contributed by atoms with Crippen LogP contribution in [0.1, 0.15) is 36.9 Å². The van der Waals surface area contributed by atoms with Crippen molar-refractivity contribution in [2.24, 2.45) is 0 Å². The van der Waals surface area contributed by atoms with Gasteiger partial charge in [-0.25, -0.2) is 0 Å². The average molecular weight is 248 g/mol. The number of hydrogen-bond acceptors (Lipinski definition) is 3. The van der Waals surface area contributed by atoms with Gasteiger partial charge < -0.3 is 15.3 Å². The number of rotatable bonds is 3. The minimum Gasteiger partial charge on any atom is -0.508 e. The Morgan fingerprint density at radius 1 is 1.44 bits per heavy atom. The summed E-state index contributed by atoms with van der Waals surface area (Å²) in [5.41, 5.74) is 2.19. The third kappa shape index (κ3) is 3.24. The highest BCUT2D eigenvalue weighted by molar-refractivity contribution is 5.37. The lowest BCUT2D eigenvalue weighted by atomic mass is 10.0. The van der Waals surface area contributed by atoms with Gasteiger partial charge in [0.25, 0.3) is 0 Å². The maximum Gasteiger partial charge on any atom is 0.120 e. The quantitative estimate of drug-likeness (QED) is 0.862. The molecule has 18 heavy (non-hydrogen) atoms. The zero-order chi connectivity index (χ0) is 13.1. The van der Waals surface area contributed by atoms with E-state index in [0.29, 0.717) is 11.8 Å². The van der Waals surface area contributed by atoms with Crippen molar-refractivity contribution in [3.05, 3.63) is 29.3 Å². The van der Waals surface area contributed by atoms with Crippen molar-refractivity contribution in [1.29, 1.82) is 0 Å². The van der Waals surface area contributed by atoms with E-state index < -0.39 is 0 Å². The first-order chi connectivity index (χ1) is 8.56. The molecule has 1 saturated heterocycles. The van der Waals surface area contributed by atoms with Crippen LogP contribution in [0.3, 0.4) is 0 Å². The number of nitrogens with zero attached hydrogens (tertiary/aromatic N) is 1. The Morgan fingerprint density at radius 2 is 2.22 bits per heavy atom. The fourth-order valence-corrected chi connectivity index (χ4v) is 2.77. The van der Waals surface area contributed by atoms with Gasteiger partial charge in [-0.1, -0.05) is 17.7 Å². The molecule has 3 heteroatoms. The Hall–Kier alpha value is -1.06. The van der Waals surface area contributed by atoms with E-state index in [2.05, 4.69) is 37.2 Å². The van der Waals surface area contributed by atoms with Crippen LogP contribution in [-0.2, 0) is 0 Å². The predicted octanol–water partition coefficient (Wildman–Crippen LogP) is 2.45. The molecule has 0 spiro atoms. The number of piperidine rings is 1. The van der Waals surface area contributed by atoms with Crippen molar-refractivity contribution < 1.29 is 5.11 Å². The highest BCUT2D eigenvalue weighted by Gasteiger charge is 2.20. The second-order valence-electron chi connectivity index (χ2n) is 5.55. The van der Waals surface area contributed by atoms with Gasteiger partial charge >= 0.3 is 0 Å². The molecule has 0 amide bonds. The molecular formula is C15H24N2O. The van der Waals surface area contributed by atoms with Gasteiger partial charge in [0.1, 0.15) is 5.75 Å². The van der Waals surface area contributed by atoms with E-state index in [1.807, 2.05) is 6.07 Å². The number of nitrogens with one attached hydrogen (secondary N) is 1. The molecule has 1 fully saturated rings. The molecule has 0 aromatic heterocycles. The van der Waals surface area contributed by atoms with Crippen molar-refractivity contribution in [2.45, 2.75) is 38.8 Å². The lowest BCUT2D eigenvalue weighted by Gasteiger charge is -2.32. The van der Waals surface area contributed by atoms with E-state index in [-0.39, 0.29) is 6.04 Å². The molecule has 100 valence electrons. The van der Waals surface area contributed by atoms with Crippen LogP contribution in [-0.4, -0.2) is 36.2 Å². The van der Waals surface area contributed by atoms with Crippen LogP contribution < -0.4 is 5.32 Å². The minimum atomic E-state index is 0.196. The predicted molar refractivity (Wildman–Crippen MR) is 74.9 cm³/mol. The van der Waals surface area contributed by atoms with Crippen molar-refractivity contribution in [3.63, 3.8) is 0 Å². The van der Waals surface area contributed by atoms with Crippen LogP contribution in [0.15, 0.2) is 18.2 Å². The summed E-state index contributed by atoms with van der Waals surface area (Å²) in [6.07, 6.45) is 2.47. The van der Waals surface area contributed by atoms with Crippen LogP contribution in [0.2, 0.25) is 0 Å². The molecule has 1 aliphatic heterocycles. The van der Waals surface area contributed by atoms with E-state index in [4.69, 9.17) is 0 Å². The van der Waals surface area contributed by atoms with Crippen molar-refractivity contribution in [2.75, 3.05) is 20.1 Å². The number of aromatic hydroxyl groups is 1. The molecule has 0 aliphatic carbocycles. The second-order valence-corrected chi connectivity index (χ2v) is 5.55. The summed E-state index contributed by atoms with van der Waals surface area (Å²) in [7, 11) is 2.17. The number of aryl methyl sites for hydroxylation is 1. The highest BCUT2D eigenvalue weighted by atomic mass is 16.3. The van der Waals surface area contributed by atoms with Crippen molar-refractivity contribution in [3.8, 4) is 5.75 Å². The molecule has 0 bridgehead atoms. The number of likely N-dealkylation sites (N-methyl/N-ethyl adjacent to an activating group) is 1. The molecule has 3 nitrogen and oxygen atoms in total. The van der Waals surface area contributed by atoms with Gasteiger partial charge in [0.15, 0.2) is 0 Å². The lowest BCUT2D eigenvalue weighted by Crippen LogP contribution is -2.44. The Bertz CT molecular complexity index is 405. The van der Waals surface area contributed by atoms with Crippen LogP contribution in [0.5, 0.6) is 5.75 Å². The molecular weight excluding hydrogens is 224 g/mol. The summed E-state index contributed by atoms with van der Waals surface area (Å²) in [6, 6.07) is 6.52. The van der Waals surface area contributed by atoms with Gasteiger partial charge in [-0.3, -0.25) is 0 Å². The normalized spacial score (nSPS) is 22.9. The van der Waals surface area contributed by atoms with Crippen LogP contribution >= 0.6 is 0 Å². The SMILES string of the molecule is Cc1ccc(O)c(C(C)NC2CCCN(C)C2)c1. The second kappa shape index (κ2) is 5.72. The summed E-state index contributed by atoms with van der Waals surface area (Å²) < 4.78 is 0. The zero-order valence-corrected chi connectivity index (χ0v) is 11.6. The number of phenolic OH excluding ortho intramolecular Hbond substituents is 1. The first kappa shape index (κ1) is 13.4. The van der Waals surface area contributed by atoms with E-state index in [1.165, 1.54) is 24.9 Å². The minimum absolute atomic E-state index is 0.196. The van der Waals surface area contributed by atoms with Gasteiger partial charge in [-0.2, -0.15) is 0 Å². The number of phenols is 1. The third-order valence-corrected chi connectivity index (χ3v) is 3.76. The molecule has 1 aliphatic rings. The molecule has 2 atom stereocenters. The topological polar surface area (TPSA) is 35.5 Å². The Labute approximate surface area is 110 Å². The molecule has 2 N–H and O–H groups in total. The monoisotopic (exact) mass is 248 g/mol.